The van der Waals surface area contributed by atoms with Crippen LogP contribution in [0.1, 0.15) is 11.1 Å². The number of ether oxygens (including phenoxy) is 1. The summed E-state index contributed by atoms with van der Waals surface area (Å²) in [5, 5.41) is 5.99. The maximum atomic E-state index is 11.7. The molecule has 0 atom stereocenters. The highest BCUT2D eigenvalue weighted by atomic mass is 35.5. The van der Waals surface area contributed by atoms with Gasteiger partial charge in [-0.3, -0.25) is 5.43 Å². The molecule has 0 aliphatic carbocycles. The highest BCUT2D eigenvalue weighted by Crippen LogP contribution is 2.24. The number of hydrogen-bond donors (Lipinski definition) is 3. The summed E-state index contributed by atoms with van der Waals surface area (Å²) in [6, 6.07) is 13.8. The number of nitrogens with one attached hydrogen (secondary N) is 1. The molecule has 2 aromatic carbocycles. The molecule has 0 radical (unpaired) electrons. The quantitative estimate of drug-likeness (QED) is 0.354. The molecule has 0 bridgehead atoms. The van der Waals surface area contributed by atoms with Gasteiger partial charge in [-0.25, -0.2) is 26.2 Å². The van der Waals surface area contributed by atoms with Crippen molar-refractivity contribution in [1.82, 2.24) is 15.2 Å². The minimum absolute atomic E-state index is 0.186. The first-order valence-corrected chi connectivity index (χ1v) is 8.45. The van der Waals surface area contributed by atoms with E-state index in [9.17, 15) is 4.79 Å². The maximum absolute atomic E-state index is 11.7. The summed E-state index contributed by atoms with van der Waals surface area (Å²) in [6.45, 7) is 2.09. The van der Waals surface area contributed by atoms with E-state index in [2.05, 4.69) is 5.10 Å². The van der Waals surface area contributed by atoms with Crippen LogP contribution in [0.5, 0.6) is 5.88 Å². The lowest BCUT2D eigenvalue weighted by molar-refractivity contribution is 0.246. The molecule has 0 fully saturated rings. The molecule has 1 heterocycles. The molecule has 3 rings (SSSR count). The van der Waals surface area contributed by atoms with Gasteiger partial charge >= 0.3 is 6.03 Å². The van der Waals surface area contributed by atoms with Crippen LogP contribution in [0.3, 0.4) is 0 Å². The number of anilines is 1. The Bertz CT molecular complexity index is 941. The molecule has 140 valence electrons. The van der Waals surface area contributed by atoms with Gasteiger partial charge in [0.25, 0.3) is 0 Å². The van der Waals surface area contributed by atoms with Crippen LogP contribution in [-0.4, -0.2) is 15.8 Å². The smallest absolute Gasteiger partial charge is 0.350 e. The van der Waals surface area contributed by atoms with E-state index in [1.165, 1.54) is 0 Å². The van der Waals surface area contributed by atoms with Crippen molar-refractivity contribution in [3.8, 4) is 11.6 Å². The Morgan fingerprint density at radius 3 is 2.70 bits per heavy atom. The summed E-state index contributed by atoms with van der Waals surface area (Å²) in [5.41, 5.74) is 5.04. The van der Waals surface area contributed by atoms with Gasteiger partial charge in [0.05, 0.1) is 11.4 Å². The zero-order valence-electron chi connectivity index (χ0n) is 14.6. The fourth-order valence-electron chi connectivity index (χ4n) is 2.55. The number of nitrogens with zero attached hydrogens (tertiary/aromatic N) is 3. The molecule has 0 aliphatic heterocycles. The number of hydrogen-bond acceptors (Lipinski definition) is 5. The normalized spacial score (nSPS) is 10.5. The third-order valence-electron chi connectivity index (χ3n) is 4.01. The summed E-state index contributed by atoms with van der Waals surface area (Å²) in [6.07, 6.45) is 1.79. The van der Waals surface area contributed by atoms with E-state index < -0.39 is 6.03 Å². The number of nitrogens with two attached hydrogens (primary N) is 2. The van der Waals surface area contributed by atoms with E-state index in [1.807, 2.05) is 30.5 Å². The Balaban J connectivity index is 1.77. The summed E-state index contributed by atoms with van der Waals surface area (Å²) in [7, 11) is 0. The van der Waals surface area contributed by atoms with Gasteiger partial charge in [0.2, 0.25) is 5.88 Å². The van der Waals surface area contributed by atoms with Gasteiger partial charge in [0.15, 0.2) is 0 Å². The fourth-order valence-corrected chi connectivity index (χ4v) is 2.67. The number of carbonyl (C=O) groups excluding carboxylic acids is 1. The summed E-state index contributed by atoms with van der Waals surface area (Å²) < 4.78 is 7.48. The van der Waals surface area contributed by atoms with Crippen molar-refractivity contribution in [1.29, 1.82) is 0 Å². The minimum Gasteiger partial charge on any atom is -0.472 e. The third kappa shape index (κ3) is 4.20. The number of rotatable bonds is 5. The van der Waals surface area contributed by atoms with Gasteiger partial charge in [-0.1, -0.05) is 23.7 Å². The van der Waals surface area contributed by atoms with Crippen LogP contribution in [0.25, 0.3) is 5.69 Å². The second kappa shape index (κ2) is 8.09. The van der Waals surface area contributed by atoms with Crippen molar-refractivity contribution in [3.05, 3.63) is 70.9 Å². The van der Waals surface area contributed by atoms with Crippen LogP contribution >= 0.6 is 11.6 Å². The largest absolute Gasteiger partial charge is 0.472 e. The molecule has 0 unspecified atom stereocenters. The second-order valence-corrected chi connectivity index (χ2v) is 6.19. The number of benzene rings is 2. The first-order chi connectivity index (χ1) is 13.0. The molecular formula is C18H19ClN6O2. The van der Waals surface area contributed by atoms with Gasteiger partial charge in [-0.2, -0.15) is 0 Å². The lowest BCUT2D eigenvalue weighted by Gasteiger charge is -2.20. The second-order valence-electron chi connectivity index (χ2n) is 5.76. The summed E-state index contributed by atoms with van der Waals surface area (Å²) in [5.74, 6) is 11.4. The fraction of sp³-hybridized carbons (Fsp3) is 0.111. The number of urea groups is 1. The van der Waals surface area contributed by atoms with Crippen LogP contribution < -0.4 is 26.9 Å². The summed E-state index contributed by atoms with van der Waals surface area (Å²) >= 11 is 5.90. The van der Waals surface area contributed by atoms with Gasteiger partial charge in [-0.05, 0) is 42.8 Å². The first kappa shape index (κ1) is 18.7. The molecule has 0 saturated carbocycles. The topological polar surface area (TPSA) is 111 Å². The Labute approximate surface area is 161 Å². The van der Waals surface area contributed by atoms with Crippen molar-refractivity contribution in [2.45, 2.75) is 13.5 Å². The van der Waals surface area contributed by atoms with E-state index in [0.29, 0.717) is 16.6 Å². The highest BCUT2D eigenvalue weighted by molar-refractivity contribution is 6.30. The number of aryl methyl sites for hydroxylation is 1. The Morgan fingerprint density at radius 1 is 1.26 bits per heavy atom. The Kier molecular flexibility index (Phi) is 5.60. The van der Waals surface area contributed by atoms with Crippen LogP contribution in [-0.2, 0) is 6.61 Å². The number of hydrazine groups is 2. The van der Waals surface area contributed by atoms with Crippen molar-refractivity contribution < 1.29 is 9.53 Å². The van der Waals surface area contributed by atoms with Gasteiger partial charge in [0.1, 0.15) is 6.61 Å². The van der Waals surface area contributed by atoms with Crippen molar-refractivity contribution in [3.63, 3.8) is 0 Å². The molecule has 5 N–H and O–H groups in total. The number of carbonyl (C=O) groups is 1. The Hall–Kier alpha value is -3.07. The average molecular weight is 387 g/mol. The van der Waals surface area contributed by atoms with Crippen molar-refractivity contribution >= 4 is 23.3 Å². The summed E-state index contributed by atoms with van der Waals surface area (Å²) in [4.78, 5) is 11.7. The molecule has 3 aromatic rings. The number of halogens is 1. The minimum atomic E-state index is -0.631. The molecular weight excluding hydrogens is 368 g/mol. The van der Waals surface area contributed by atoms with E-state index in [1.54, 1.807) is 41.2 Å². The van der Waals surface area contributed by atoms with Crippen LogP contribution in [0.2, 0.25) is 5.02 Å². The van der Waals surface area contributed by atoms with Crippen LogP contribution in [0.4, 0.5) is 10.5 Å². The van der Waals surface area contributed by atoms with E-state index in [4.69, 9.17) is 28.0 Å². The molecule has 2 amide bonds. The van der Waals surface area contributed by atoms with E-state index in [-0.39, 0.29) is 6.61 Å². The Morgan fingerprint density at radius 2 is 2.00 bits per heavy atom. The number of aromatic nitrogens is 2. The van der Waals surface area contributed by atoms with Crippen molar-refractivity contribution in [2.75, 3.05) is 5.01 Å². The van der Waals surface area contributed by atoms with Gasteiger partial charge in [-0.15, -0.1) is 5.10 Å². The third-order valence-corrected chi connectivity index (χ3v) is 4.26. The first-order valence-electron chi connectivity index (χ1n) is 8.08. The van der Waals surface area contributed by atoms with E-state index >= 15 is 0 Å². The highest BCUT2D eigenvalue weighted by Gasteiger charge is 2.16. The average Bonchev–Trinajstić information content (AvgIpc) is 3.15. The predicted molar refractivity (Wildman–Crippen MR) is 103 cm³/mol. The van der Waals surface area contributed by atoms with E-state index in [0.717, 1.165) is 21.8 Å². The SMILES string of the molecule is Cc1cccc(N(N)C(=O)NN)c1COc1ccn(-c2ccc(Cl)cc2)n1. The maximum Gasteiger partial charge on any atom is 0.350 e. The molecule has 0 aliphatic rings. The zero-order valence-corrected chi connectivity index (χ0v) is 15.3. The molecule has 1 aromatic heterocycles. The van der Waals surface area contributed by atoms with Crippen molar-refractivity contribution in [2.24, 2.45) is 11.7 Å². The monoisotopic (exact) mass is 386 g/mol. The standard InChI is InChI=1S/C18H19ClN6O2/c1-12-3-2-4-16(25(21)18(26)22-20)15(12)11-27-17-9-10-24(23-17)14-7-5-13(19)6-8-14/h2-10H,11,20-21H2,1H3,(H,22,26). The van der Waals surface area contributed by atoms with Crippen LogP contribution in [0.15, 0.2) is 54.7 Å². The molecule has 8 nitrogen and oxygen atoms in total. The molecule has 27 heavy (non-hydrogen) atoms. The zero-order chi connectivity index (χ0) is 19.4. The molecule has 0 spiro atoms. The number of amides is 2. The molecule has 0 saturated heterocycles. The lowest BCUT2D eigenvalue weighted by Crippen LogP contribution is -2.48. The molecule has 9 heteroatoms. The van der Waals surface area contributed by atoms with Crippen LogP contribution in [0, 0.1) is 6.92 Å². The van der Waals surface area contributed by atoms with Gasteiger partial charge in [0, 0.05) is 22.8 Å². The predicted octanol–water partition coefficient (Wildman–Crippen LogP) is 2.68. The van der Waals surface area contributed by atoms with Gasteiger partial charge < -0.3 is 4.74 Å². The lowest BCUT2D eigenvalue weighted by atomic mass is 10.1.